The topological polar surface area (TPSA) is 16.1 Å². The molecule has 2 heteroatoms. The van der Waals surface area contributed by atoms with Gasteiger partial charge in [-0.05, 0) is 37.7 Å². The largest absolute Gasteiger partial charge is 0.302 e. The fourth-order valence-electron chi connectivity index (χ4n) is 1.98. The summed E-state index contributed by atoms with van der Waals surface area (Å²) in [4.78, 5) is 6.63. The van der Waals surface area contributed by atoms with Crippen LogP contribution in [0.15, 0.2) is 42.7 Å². The zero-order valence-corrected chi connectivity index (χ0v) is 11.4. The van der Waals surface area contributed by atoms with Gasteiger partial charge in [0.1, 0.15) is 0 Å². The van der Waals surface area contributed by atoms with Gasteiger partial charge in [0, 0.05) is 24.5 Å². The van der Waals surface area contributed by atoms with Gasteiger partial charge in [-0.3, -0.25) is 4.98 Å². The lowest BCUT2D eigenvalue weighted by Crippen LogP contribution is -2.16. The van der Waals surface area contributed by atoms with E-state index in [0.717, 1.165) is 13.1 Å². The van der Waals surface area contributed by atoms with Crippen LogP contribution in [0, 0.1) is 6.92 Å². The first-order valence-electron chi connectivity index (χ1n) is 6.38. The van der Waals surface area contributed by atoms with Crippen molar-refractivity contribution in [2.75, 3.05) is 13.6 Å². The van der Waals surface area contributed by atoms with Gasteiger partial charge in [-0.1, -0.05) is 36.8 Å². The second-order valence-corrected chi connectivity index (χ2v) is 4.78. The van der Waals surface area contributed by atoms with Crippen LogP contribution in [-0.2, 0) is 6.54 Å². The Hall–Kier alpha value is -1.67. The zero-order chi connectivity index (χ0) is 13.0. The van der Waals surface area contributed by atoms with Crippen LogP contribution in [0.25, 0.3) is 11.1 Å². The molecule has 1 heterocycles. The molecule has 0 amide bonds. The molecule has 0 aliphatic carbocycles. The molecular weight excluding hydrogens is 220 g/mol. The number of hydrogen-bond acceptors (Lipinski definition) is 2. The number of aryl methyl sites for hydroxylation is 1. The number of benzene rings is 1. The third-order valence-corrected chi connectivity index (χ3v) is 3.14. The van der Waals surface area contributed by atoms with E-state index in [1.165, 1.54) is 22.3 Å². The van der Waals surface area contributed by atoms with E-state index in [9.17, 15) is 0 Å². The summed E-state index contributed by atoms with van der Waals surface area (Å²) in [6, 6.07) is 10.8. The van der Waals surface area contributed by atoms with E-state index < -0.39 is 0 Å². The molecule has 0 aliphatic heterocycles. The van der Waals surface area contributed by atoms with Crippen LogP contribution in [0.3, 0.4) is 0 Å². The van der Waals surface area contributed by atoms with Gasteiger partial charge in [0.05, 0.1) is 0 Å². The summed E-state index contributed by atoms with van der Waals surface area (Å²) in [5.74, 6) is 0. The van der Waals surface area contributed by atoms with Gasteiger partial charge in [-0.2, -0.15) is 0 Å². The molecule has 0 atom stereocenters. The van der Waals surface area contributed by atoms with Gasteiger partial charge in [-0.25, -0.2) is 0 Å². The van der Waals surface area contributed by atoms with E-state index in [1.54, 1.807) is 0 Å². The maximum Gasteiger partial charge on any atom is 0.0346 e. The molecule has 2 aromatic rings. The standard InChI is InChI=1S/C16H20N2/c1-4-18(3)12-14-9-16(11-17-10-14)15-7-5-6-13(2)8-15/h5-11H,4,12H2,1-3H3. The zero-order valence-electron chi connectivity index (χ0n) is 11.4. The smallest absolute Gasteiger partial charge is 0.0346 e. The van der Waals surface area contributed by atoms with Crippen molar-refractivity contribution < 1.29 is 0 Å². The van der Waals surface area contributed by atoms with Crippen LogP contribution in [0.2, 0.25) is 0 Å². The van der Waals surface area contributed by atoms with E-state index in [2.05, 4.69) is 61.1 Å². The second-order valence-electron chi connectivity index (χ2n) is 4.78. The fourth-order valence-corrected chi connectivity index (χ4v) is 1.98. The lowest BCUT2D eigenvalue weighted by molar-refractivity contribution is 0.345. The first-order chi connectivity index (χ1) is 8.69. The molecule has 1 aromatic carbocycles. The van der Waals surface area contributed by atoms with Gasteiger partial charge >= 0.3 is 0 Å². The van der Waals surface area contributed by atoms with Gasteiger partial charge in [-0.15, -0.1) is 0 Å². The van der Waals surface area contributed by atoms with Gasteiger partial charge in [0.15, 0.2) is 0 Å². The Kier molecular flexibility index (Phi) is 4.11. The van der Waals surface area contributed by atoms with Crippen LogP contribution >= 0.6 is 0 Å². The summed E-state index contributed by atoms with van der Waals surface area (Å²) >= 11 is 0. The lowest BCUT2D eigenvalue weighted by Gasteiger charge is -2.14. The molecule has 18 heavy (non-hydrogen) atoms. The molecule has 0 bridgehead atoms. The Morgan fingerprint density at radius 3 is 2.67 bits per heavy atom. The summed E-state index contributed by atoms with van der Waals surface area (Å²) in [6.45, 7) is 6.28. The third-order valence-electron chi connectivity index (χ3n) is 3.14. The Labute approximate surface area is 109 Å². The van der Waals surface area contributed by atoms with E-state index in [1.807, 2.05) is 12.4 Å². The second kappa shape index (κ2) is 5.78. The molecule has 0 aliphatic rings. The van der Waals surface area contributed by atoms with Crippen LogP contribution in [-0.4, -0.2) is 23.5 Å². The summed E-state index contributed by atoms with van der Waals surface area (Å²) in [6.07, 6.45) is 3.88. The van der Waals surface area contributed by atoms with Crippen molar-refractivity contribution >= 4 is 0 Å². The predicted octanol–water partition coefficient (Wildman–Crippen LogP) is 3.51. The molecule has 0 spiro atoms. The summed E-state index contributed by atoms with van der Waals surface area (Å²) in [5, 5.41) is 0. The van der Waals surface area contributed by atoms with Crippen LogP contribution in [0.4, 0.5) is 0 Å². The molecule has 2 nitrogen and oxygen atoms in total. The van der Waals surface area contributed by atoms with E-state index in [-0.39, 0.29) is 0 Å². The first-order valence-corrected chi connectivity index (χ1v) is 6.38. The molecule has 0 saturated carbocycles. The normalized spacial score (nSPS) is 10.9. The van der Waals surface area contributed by atoms with Crippen LogP contribution in [0.5, 0.6) is 0 Å². The quantitative estimate of drug-likeness (QED) is 0.813. The van der Waals surface area contributed by atoms with Crippen LogP contribution in [0.1, 0.15) is 18.1 Å². The number of rotatable bonds is 4. The highest BCUT2D eigenvalue weighted by Gasteiger charge is 2.02. The molecule has 0 N–H and O–H groups in total. The molecule has 0 unspecified atom stereocenters. The summed E-state index contributed by atoms with van der Waals surface area (Å²) < 4.78 is 0. The van der Waals surface area contributed by atoms with Gasteiger partial charge in [0.2, 0.25) is 0 Å². The van der Waals surface area contributed by atoms with Crippen molar-refractivity contribution in [2.24, 2.45) is 0 Å². The Bertz CT molecular complexity index is 520. The minimum Gasteiger partial charge on any atom is -0.302 e. The summed E-state index contributed by atoms with van der Waals surface area (Å²) in [5.41, 5.74) is 4.98. The molecule has 0 saturated heterocycles. The van der Waals surface area contributed by atoms with Crippen molar-refractivity contribution in [3.8, 4) is 11.1 Å². The van der Waals surface area contributed by atoms with E-state index in [0.29, 0.717) is 0 Å². The number of pyridine rings is 1. The minimum atomic E-state index is 0.948. The molecule has 2 rings (SSSR count). The van der Waals surface area contributed by atoms with E-state index >= 15 is 0 Å². The highest BCUT2D eigenvalue weighted by Crippen LogP contribution is 2.20. The molecular formula is C16H20N2. The third kappa shape index (κ3) is 3.17. The van der Waals surface area contributed by atoms with E-state index in [4.69, 9.17) is 0 Å². The Balaban J connectivity index is 2.27. The monoisotopic (exact) mass is 240 g/mol. The van der Waals surface area contributed by atoms with Crippen molar-refractivity contribution in [3.05, 3.63) is 53.9 Å². The maximum atomic E-state index is 4.35. The average molecular weight is 240 g/mol. The Morgan fingerprint density at radius 1 is 1.11 bits per heavy atom. The molecule has 0 radical (unpaired) electrons. The minimum absolute atomic E-state index is 0.948. The number of aromatic nitrogens is 1. The first kappa shape index (κ1) is 12.8. The van der Waals surface area contributed by atoms with Crippen LogP contribution < -0.4 is 0 Å². The van der Waals surface area contributed by atoms with Crippen molar-refractivity contribution in [3.63, 3.8) is 0 Å². The van der Waals surface area contributed by atoms with Crippen molar-refractivity contribution in [1.82, 2.24) is 9.88 Å². The van der Waals surface area contributed by atoms with Crippen molar-refractivity contribution in [1.29, 1.82) is 0 Å². The molecule has 0 fully saturated rings. The Morgan fingerprint density at radius 2 is 1.94 bits per heavy atom. The lowest BCUT2D eigenvalue weighted by atomic mass is 10.0. The van der Waals surface area contributed by atoms with Gasteiger partial charge in [0.25, 0.3) is 0 Å². The highest BCUT2D eigenvalue weighted by atomic mass is 15.1. The number of nitrogens with zero attached hydrogens (tertiary/aromatic N) is 2. The van der Waals surface area contributed by atoms with Gasteiger partial charge < -0.3 is 4.90 Å². The maximum absolute atomic E-state index is 4.35. The predicted molar refractivity (Wildman–Crippen MR) is 76.4 cm³/mol. The highest BCUT2D eigenvalue weighted by molar-refractivity contribution is 5.63. The molecule has 94 valence electrons. The fraction of sp³-hybridized carbons (Fsp3) is 0.312. The SMILES string of the molecule is CCN(C)Cc1cncc(-c2cccc(C)c2)c1. The molecule has 1 aromatic heterocycles. The van der Waals surface area contributed by atoms with Crippen molar-refractivity contribution in [2.45, 2.75) is 20.4 Å². The number of hydrogen-bond donors (Lipinski definition) is 0. The average Bonchev–Trinajstić information content (AvgIpc) is 2.39. The summed E-state index contributed by atoms with van der Waals surface area (Å²) in [7, 11) is 2.12.